The highest BCUT2D eigenvalue weighted by Gasteiger charge is 2.70. The molecule has 0 aromatic carbocycles. The Balaban J connectivity index is 1.54. The molecule has 0 aromatic heterocycles. The van der Waals surface area contributed by atoms with Crippen LogP contribution in [0.2, 0.25) is 0 Å². The van der Waals surface area contributed by atoms with Crippen LogP contribution in [-0.4, -0.2) is 49.6 Å². The number of ketones is 1. The fourth-order valence-corrected chi connectivity index (χ4v) is 9.14. The average molecular weight is 465 g/mol. The maximum absolute atomic E-state index is 13.4. The number of fused-ring (bicyclic) bond motifs is 5. The van der Waals surface area contributed by atoms with E-state index in [4.69, 9.17) is 0 Å². The second-order valence-corrected chi connectivity index (χ2v) is 13.6. The maximum atomic E-state index is 13.4. The Morgan fingerprint density at radius 3 is 2.30 bits per heavy atom. The van der Waals surface area contributed by atoms with Crippen LogP contribution in [0, 0.1) is 46.3 Å². The highest BCUT2D eigenvalue weighted by Crippen LogP contribution is 2.68. The van der Waals surface area contributed by atoms with Crippen molar-refractivity contribution in [2.24, 2.45) is 46.3 Å². The summed E-state index contributed by atoms with van der Waals surface area (Å²) in [7, 11) is 0. The minimum atomic E-state index is -1.82. The van der Waals surface area contributed by atoms with Gasteiger partial charge in [0.15, 0.2) is 11.4 Å². The third-order valence-corrected chi connectivity index (χ3v) is 11.7. The van der Waals surface area contributed by atoms with E-state index in [2.05, 4.69) is 20.8 Å². The number of hydrogen-bond donors (Lipinski definition) is 4. The lowest BCUT2D eigenvalue weighted by molar-refractivity contribution is -0.250. The summed E-state index contributed by atoms with van der Waals surface area (Å²) < 4.78 is 0. The molecule has 0 amide bonds. The molecule has 0 radical (unpaired) electrons. The third kappa shape index (κ3) is 3.67. The molecule has 4 N–H and O–H groups in total. The van der Waals surface area contributed by atoms with Gasteiger partial charge >= 0.3 is 0 Å². The van der Waals surface area contributed by atoms with Crippen molar-refractivity contribution in [2.45, 2.75) is 123 Å². The molecule has 4 aliphatic rings. The molecule has 6 unspecified atom stereocenters. The van der Waals surface area contributed by atoms with E-state index in [0.29, 0.717) is 37.0 Å². The van der Waals surface area contributed by atoms with Crippen molar-refractivity contribution in [3.05, 3.63) is 0 Å². The Kier molecular flexibility index (Phi) is 6.42. The van der Waals surface area contributed by atoms with Crippen LogP contribution in [0.1, 0.15) is 99.3 Å². The molecule has 0 aliphatic heterocycles. The number of aliphatic hydroxyl groups excluding tert-OH is 2. The van der Waals surface area contributed by atoms with Crippen molar-refractivity contribution in [1.29, 1.82) is 0 Å². The van der Waals surface area contributed by atoms with Gasteiger partial charge in [0.1, 0.15) is 6.10 Å². The third-order valence-electron chi connectivity index (χ3n) is 11.7. The van der Waals surface area contributed by atoms with Crippen molar-refractivity contribution in [3.8, 4) is 0 Å². The predicted octanol–water partition coefficient (Wildman–Crippen LogP) is 4.09. The molecule has 4 rings (SSSR count). The Morgan fingerprint density at radius 1 is 1.00 bits per heavy atom. The monoisotopic (exact) mass is 464 g/mol. The lowest BCUT2D eigenvalue weighted by atomic mass is 9.42. The second kappa shape index (κ2) is 8.28. The molecular formula is C28H48O5. The van der Waals surface area contributed by atoms with Gasteiger partial charge in [-0.15, -0.1) is 0 Å². The molecule has 4 fully saturated rings. The molecule has 0 saturated heterocycles. The van der Waals surface area contributed by atoms with E-state index in [0.717, 1.165) is 32.1 Å². The zero-order chi connectivity index (χ0) is 24.6. The maximum Gasteiger partial charge on any atom is 0.168 e. The minimum Gasteiger partial charge on any atom is -0.390 e. The molecule has 4 saturated carbocycles. The smallest absolute Gasteiger partial charge is 0.168 e. The van der Waals surface area contributed by atoms with E-state index in [1.54, 1.807) is 0 Å². The zero-order valence-corrected chi connectivity index (χ0v) is 21.7. The highest BCUT2D eigenvalue weighted by molar-refractivity contribution is 5.90. The standard InChI is InChI=1S/C28H48O5/c1-16(7-8-17(2)25(3,4)32)19-9-10-20-18-15-23(30)28(33)24(31)22(29)12-14-27(28,6)21(18)11-13-26(19,20)5/h16-22,24,29,31-33H,7-15H2,1-6H3/t16-,17+,18?,19?,20?,21?,22+,24+,26?,27?,28+/m1/s1. The van der Waals surface area contributed by atoms with Gasteiger partial charge in [0, 0.05) is 11.8 Å². The summed E-state index contributed by atoms with van der Waals surface area (Å²) in [5, 5.41) is 42.9. The fraction of sp³-hybridized carbons (Fsp3) is 0.964. The molecule has 5 heteroatoms. The lowest BCUT2D eigenvalue weighted by Gasteiger charge is -2.64. The van der Waals surface area contributed by atoms with Crippen molar-refractivity contribution >= 4 is 5.78 Å². The zero-order valence-electron chi connectivity index (χ0n) is 21.7. The molecule has 0 heterocycles. The topological polar surface area (TPSA) is 98.0 Å². The summed E-state index contributed by atoms with van der Waals surface area (Å²) in [6, 6.07) is 0. The van der Waals surface area contributed by atoms with Crippen molar-refractivity contribution in [1.82, 2.24) is 0 Å². The predicted molar refractivity (Wildman–Crippen MR) is 128 cm³/mol. The highest BCUT2D eigenvalue weighted by atomic mass is 16.4. The van der Waals surface area contributed by atoms with E-state index < -0.39 is 28.8 Å². The quantitative estimate of drug-likeness (QED) is 0.491. The molecule has 4 aliphatic carbocycles. The van der Waals surface area contributed by atoms with Crippen molar-refractivity contribution < 1.29 is 25.2 Å². The first-order valence-electron chi connectivity index (χ1n) is 13.5. The number of rotatable bonds is 5. The Bertz CT molecular complexity index is 760. The molecule has 5 nitrogen and oxygen atoms in total. The SMILES string of the molecule is C[C@H](CC[C@H](C)C(C)(C)O)C1CCC2C3CC(=O)[C@]4(O)[C@@H](O)[C@@H](O)CCC4(C)C3CCC21C. The van der Waals surface area contributed by atoms with E-state index in [9.17, 15) is 25.2 Å². The van der Waals surface area contributed by atoms with Gasteiger partial charge in [-0.05, 0) is 99.7 Å². The van der Waals surface area contributed by atoms with Gasteiger partial charge in [-0.1, -0.05) is 34.1 Å². The number of carbonyl (C=O) groups is 1. The van der Waals surface area contributed by atoms with E-state index in [-0.39, 0.29) is 29.0 Å². The van der Waals surface area contributed by atoms with Gasteiger partial charge in [-0.2, -0.15) is 0 Å². The van der Waals surface area contributed by atoms with Crippen LogP contribution in [-0.2, 0) is 4.79 Å². The van der Waals surface area contributed by atoms with Gasteiger partial charge in [-0.3, -0.25) is 4.79 Å². The van der Waals surface area contributed by atoms with Crippen LogP contribution in [0.15, 0.2) is 0 Å². The normalized spacial score (nSPS) is 49.7. The Hall–Kier alpha value is -0.490. The van der Waals surface area contributed by atoms with Gasteiger partial charge in [0.05, 0.1) is 11.7 Å². The van der Waals surface area contributed by atoms with Gasteiger partial charge in [0.25, 0.3) is 0 Å². The number of hydrogen-bond acceptors (Lipinski definition) is 5. The first kappa shape index (κ1) is 25.6. The number of carbonyl (C=O) groups excluding carboxylic acids is 1. The Labute approximate surface area is 200 Å². The minimum absolute atomic E-state index is 0.206. The molecule has 0 spiro atoms. The van der Waals surface area contributed by atoms with Crippen LogP contribution < -0.4 is 0 Å². The van der Waals surface area contributed by atoms with Crippen molar-refractivity contribution in [2.75, 3.05) is 0 Å². The molecule has 33 heavy (non-hydrogen) atoms. The first-order chi connectivity index (χ1) is 15.2. The van der Waals surface area contributed by atoms with Gasteiger partial charge in [0.2, 0.25) is 0 Å². The molecule has 190 valence electrons. The van der Waals surface area contributed by atoms with Gasteiger partial charge < -0.3 is 20.4 Å². The van der Waals surface area contributed by atoms with E-state index in [1.165, 1.54) is 6.42 Å². The summed E-state index contributed by atoms with van der Waals surface area (Å²) in [5.41, 5.74) is -2.93. The average Bonchev–Trinajstić information content (AvgIpc) is 3.09. The molecular weight excluding hydrogens is 416 g/mol. The number of Topliss-reactive ketones (excluding diaryl/α,β-unsaturated/α-hetero) is 1. The molecule has 0 bridgehead atoms. The first-order valence-corrected chi connectivity index (χ1v) is 13.5. The number of aliphatic hydroxyl groups is 4. The summed E-state index contributed by atoms with van der Waals surface area (Å²) in [4.78, 5) is 13.4. The summed E-state index contributed by atoms with van der Waals surface area (Å²) in [6.07, 6.45) is 5.52. The fourth-order valence-electron chi connectivity index (χ4n) is 9.14. The Morgan fingerprint density at radius 2 is 1.67 bits per heavy atom. The molecule has 0 aromatic rings. The van der Waals surface area contributed by atoms with Crippen molar-refractivity contribution in [3.63, 3.8) is 0 Å². The lowest BCUT2D eigenvalue weighted by Crippen LogP contribution is -2.73. The van der Waals surface area contributed by atoms with Crippen LogP contribution in [0.25, 0.3) is 0 Å². The largest absolute Gasteiger partial charge is 0.390 e. The van der Waals surface area contributed by atoms with E-state index in [1.807, 2.05) is 20.8 Å². The van der Waals surface area contributed by atoms with Crippen LogP contribution in [0.5, 0.6) is 0 Å². The second-order valence-electron chi connectivity index (χ2n) is 13.6. The summed E-state index contributed by atoms with van der Waals surface area (Å²) >= 11 is 0. The van der Waals surface area contributed by atoms with E-state index >= 15 is 0 Å². The van der Waals surface area contributed by atoms with Crippen LogP contribution in [0.4, 0.5) is 0 Å². The molecule has 11 atom stereocenters. The van der Waals surface area contributed by atoms with Crippen LogP contribution in [0.3, 0.4) is 0 Å². The summed E-state index contributed by atoms with van der Waals surface area (Å²) in [5.74, 6) is 2.17. The summed E-state index contributed by atoms with van der Waals surface area (Å²) in [6.45, 7) is 12.8. The van der Waals surface area contributed by atoms with Crippen LogP contribution >= 0.6 is 0 Å². The van der Waals surface area contributed by atoms with Gasteiger partial charge in [-0.25, -0.2) is 0 Å².